The molecule has 100 valence electrons. The van der Waals surface area contributed by atoms with Crippen molar-refractivity contribution in [2.24, 2.45) is 11.3 Å². The Bertz CT molecular complexity index is 284. The zero-order chi connectivity index (χ0) is 13.4. The lowest BCUT2D eigenvalue weighted by Gasteiger charge is -2.31. The van der Waals surface area contributed by atoms with Gasteiger partial charge >= 0.3 is 0 Å². The van der Waals surface area contributed by atoms with E-state index in [0.29, 0.717) is 11.9 Å². The molecule has 17 heavy (non-hydrogen) atoms. The summed E-state index contributed by atoms with van der Waals surface area (Å²) in [6.07, 6.45) is 0. The third kappa shape index (κ3) is 3.01. The van der Waals surface area contributed by atoms with E-state index in [1.807, 2.05) is 11.9 Å². The second-order valence-corrected chi connectivity index (χ2v) is 6.61. The van der Waals surface area contributed by atoms with Crippen LogP contribution in [0.2, 0.25) is 0 Å². The Labute approximate surface area is 106 Å². The van der Waals surface area contributed by atoms with E-state index in [1.54, 1.807) is 0 Å². The van der Waals surface area contributed by atoms with Gasteiger partial charge in [0.1, 0.15) is 0 Å². The molecule has 0 aromatic carbocycles. The van der Waals surface area contributed by atoms with Gasteiger partial charge in [-0.3, -0.25) is 9.69 Å². The highest BCUT2D eigenvalue weighted by Gasteiger charge is 2.45. The van der Waals surface area contributed by atoms with Gasteiger partial charge in [-0.15, -0.1) is 0 Å². The maximum Gasteiger partial charge on any atom is 0.227 e. The topological polar surface area (TPSA) is 23.6 Å². The molecular weight excluding hydrogens is 212 g/mol. The average Bonchev–Trinajstić information content (AvgIpc) is 2.52. The number of likely N-dealkylation sites (tertiary alicyclic amines) is 1. The van der Waals surface area contributed by atoms with Crippen molar-refractivity contribution in [3.8, 4) is 0 Å². The molecule has 0 N–H and O–H groups in total. The molecule has 1 unspecified atom stereocenters. The molecule has 0 saturated carbocycles. The molecule has 0 aliphatic carbocycles. The second kappa shape index (κ2) is 4.97. The van der Waals surface area contributed by atoms with Crippen LogP contribution in [0.3, 0.4) is 0 Å². The van der Waals surface area contributed by atoms with Gasteiger partial charge in [-0.25, -0.2) is 0 Å². The molecular formula is C14H28N2O. The highest BCUT2D eigenvalue weighted by molar-refractivity contribution is 5.80. The lowest BCUT2D eigenvalue weighted by molar-refractivity contribution is -0.137. The van der Waals surface area contributed by atoms with Crippen molar-refractivity contribution in [1.29, 1.82) is 0 Å². The van der Waals surface area contributed by atoms with E-state index in [1.165, 1.54) is 0 Å². The first-order valence-electron chi connectivity index (χ1n) is 6.67. The van der Waals surface area contributed by atoms with Crippen molar-refractivity contribution in [2.75, 3.05) is 20.1 Å². The van der Waals surface area contributed by atoms with Crippen LogP contribution < -0.4 is 0 Å². The van der Waals surface area contributed by atoms with Crippen LogP contribution in [0.15, 0.2) is 0 Å². The van der Waals surface area contributed by atoms with Gasteiger partial charge < -0.3 is 4.90 Å². The third-order valence-corrected chi connectivity index (χ3v) is 4.12. The number of carbonyl (C=O) groups excluding carboxylic acids is 1. The number of hydrogen-bond acceptors (Lipinski definition) is 2. The summed E-state index contributed by atoms with van der Waals surface area (Å²) in [6.45, 7) is 14.9. The highest BCUT2D eigenvalue weighted by atomic mass is 16.2. The SMILES string of the molecule is CC(C)N1CC(C(=O)N(C)C(C)C)C(C)(C)C1. The maximum absolute atomic E-state index is 12.5. The van der Waals surface area contributed by atoms with Crippen LogP contribution in [-0.4, -0.2) is 47.9 Å². The van der Waals surface area contributed by atoms with E-state index in [4.69, 9.17) is 0 Å². The number of amides is 1. The van der Waals surface area contributed by atoms with Crippen LogP contribution in [0.5, 0.6) is 0 Å². The Hall–Kier alpha value is -0.570. The van der Waals surface area contributed by atoms with Crippen molar-refractivity contribution in [2.45, 2.75) is 53.6 Å². The van der Waals surface area contributed by atoms with E-state index in [9.17, 15) is 4.79 Å². The summed E-state index contributed by atoms with van der Waals surface area (Å²) < 4.78 is 0. The molecule has 1 rings (SSSR count). The Morgan fingerprint density at radius 2 is 1.82 bits per heavy atom. The number of nitrogens with zero attached hydrogens (tertiary/aromatic N) is 2. The van der Waals surface area contributed by atoms with Crippen LogP contribution in [0, 0.1) is 11.3 Å². The lowest BCUT2D eigenvalue weighted by atomic mass is 9.81. The molecule has 1 aliphatic heterocycles. The summed E-state index contributed by atoms with van der Waals surface area (Å²) in [5, 5.41) is 0. The zero-order valence-corrected chi connectivity index (χ0v) is 12.4. The van der Waals surface area contributed by atoms with Gasteiger partial charge in [0, 0.05) is 32.2 Å². The predicted octanol–water partition coefficient (Wildman–Crippen LogP) is 2.22. The molecule has 1 heterocycles. The van der Waals surface area contributed by atoms with Gasteiger partial charge in [0.2, 0.25) is 5.91 Å². The summed E-state index contributed by atoms with van der Waals surface area (Å²) >= 11 is 0. The van der Waals surface area contributed by atoms with Gasteiger partial charge in [-0.05, 0) is 33.1 Å². The molecule has 1 saturated heterocycles. The van der Waals surface area contributed by atoms with Crippen LogP contribution in [-0.2, 0) is 4.79 Å². The quantitative estimate of drug-likeness (QED) is 0.755. The second-order valence-electron chi connectivity index (χ2n) is 6.61. The predicted molar refractivity (Wildman–Crippen MR) is 71.9 cm³/mol. The maximum atomic E-state index is 12.5. The zero-order valence-electron chi connectivity index (χ0n) is 12.4. The third-order valence-electron chi connectivity index (χ3n) is 4.12. The Balaban J connectivity index is 2.80. The minimum atomic E-state index is 0.0878. The smallest absolute Gasteiger partial charge is 0.227 e. The van der Waals surface area contributed by atoms with E-state index < -0.39 is 0 Å². The Morgan fingerprint density at radius 3 is 2.18 bits per heavy atom. The summed E-state index contributed by atoms with van der Waals surface area (Å²) in [7, 11) is 1.92. The van der Waals surface area contributed by atoms with Crippen molar-refractivity contribution in [3.05, 3.63) is 0 Å². The molecule has 0 aromatic rings. The molecule has 0 aromatic heterocycles. The minimum absolute atomic E-state index is 0.0878. The molecule has 0 spiro atoms. The fourth-order valence-electron chi connectivity index (χ4n) is 2.49. The van der Waals surface area contributed by atoms with Crippen LogP contribution in [0.25, 0.3) is 0 Å². The van der Waals surface area contributed by atoms with E-state index >= 15 is 0 Å². The average molecular weight is 240 g/mol. The van der Waals surface area contributed by atoms with Crippen LogP contribution >= 0.6 is 0 Å². The summed E-state index contributed by atoms with van der Waals surface area (Å²) in [4.78, 5) is 16.8. The largest absolute Gasteiger partial charge is 0.343 e. The Morgan fingerprint density at radius 1 is 1.29 bits per heavy atom. The molecule has 1 fully saturated rings. The van der Waals surface area contributed by atoms with Crippen molar-refractivity contribution >= 4 is 5.91 Å². The fourth-order valence-corrected chi connectivity index (χ4v) is 2.49. The summed E-state index contributed by atoms with van der Waals surface area (Å²) in [6, 6.07) is 0.808. The number of carbonyl (C=O) groups is 1. The van der Waals surface area contributed by atoms with Gasteiger partial charge in [0.15, 0.2) is 0 Å². The van der Waals surface area contributed by atoms with E-state index in [0.717, 1.165) is 13.1 Å². The van der Waals surface area contributed by atoms with Gasteiger partial charge in [0.05, 0.1) is 5.92 Å². The first kappa shape index (κ1) is 14.5. The monoisotopic (exact) mass is 240 g/mol. The highest BCUT2D eigenvalue weighted by Crippen LogP contribution is 2.37. The van der Waals surface area contributed by atoms with Crippen LogP contribution in [0.4, 0.5) is 0 Å². The minimum Gasteiger partial charge on any atom is -0.343 e. The van der Waals surface area contributed by atoms with Crippen molar-refractivity contribution in [1.82, 2.24) is 9.80 Å². The van der Waals surface area contributed by atoms with Gasteiger partial charge in [-0.1, -0.05) is 13.8 Å². The van der Waals surface area contributed by atoms with Gasteiger partial charge in [-0.2, -0.15) is 0 Å². The molecule has 1 atom stereocenters. The molecule has 3 heteroatoms. The summed E-state index contributed by atoms with van der Waals surface area (Å²) in [5.41, 5.74) is 0.0878. The first-order valence-corrected chi connectivity index (χ1v) is 6.67. The molecule has 0 radical (unpaired) electrons. The van der Waals surface area contributed by atoms with E-state index in [-0.39, 0.29) is 17.4 Å². The van der Waals surface area contributed by atoms with Crippen molar-refractivity contribution in [3.63, 3.8) is 0 Å². The normalized spacial score (nSPS) is 24.6. The van der Waals surface area contributed by atoms with Gasteiger partial charge in [0.25, 0.3) is 0 Å². The fraction of sp³-hybridized carbons (Fsp3) is 0.929. The van der Waals surface area contributed by atoms with E-state index in [2.05, 4.69) is 46.4 Å². The first-order chi connectivity index (χ1) is 7.66. The van der Waals surface area contributed by atoms with Crippen molar-refractivity contribution < 1.29 is 4.79 Å². The summed E-state index contributed by atoms with van der Waals surface area (Å²) in [5.74, 6) is 0.436. The molecule has 1 amide bonds. The Kier molecular flexibility index (Phi) is 4.23. The standard InChI is InChI=1S/C14H28N2O/c1-10(2)15(7)13(17)12-8-16(11(3)4)9-14(12,5)6/h10-12H,8-9H2,1-7H3. The molecule has 1 aliphatic rings. The molecule has 3 nitrogen and oxygen atoms in total. The number of hydrogen-bond donors (Lipinski definition) is 0. The lowest BCUT2D eigenvalue weighted by Crippen LogP contribution is -2.42. The number of rotatable bonds is 3. The molecule has 0 bridgehead atoms. The van der Waals surface area contributed by atoms with Crippen LogP contribution in [0.1, 0.15) is 41.5 Å².